The molecule has 0 aromatic heterocycles. The maximum absolute atomic E-state index is 12.9. The standard InChI is InChI=1S/C18H18ClN3O5S/c1-11-6-14-15(27-10-18(24)21-14)8-16(11)28(25,26)22(2)9-17(23)20-13-5-3-4-12(19)7-13/h3-8H,9-10H2,1-2H3,(H,20,23)(H,21,24). The number of halogens is 1. The van der Waals surface area contributed by atoms with Gasteiger partial charge in [0.25, 0.3) is 5.91 Å². The van der Waals surface area contributed by atoms with Gasteiger partial charge in [-0.05, 0) is 36.8 Å². The van der Waals surface area contributed by atoms with Gasteiger partial charge in [0.15, 0.2) is 6.61 Å². The zero-order valence-corrected chi connectivity index (χ0v) is 16.7. The van der Waals surface area contributed by atoms with Crippen LogP contribution < -0.4 is 15.4 Å². The number of benzene rings is 2. The van der Waals surface area contributed by atoms with Gasteiger partial charge in [0, 0.05) is 23.8 Å². The Morgan fingerprint density at radius 1 is 1.32 bits per heavy atom. The second-order valence-electron chi connectivity index (χ2n) is 6.27. The lowest BCUT2D eigenvalue weighted by molar-refractivity contribution is -0.118. The number of fused-ring (bicyclic) bond motifs is 1. The number of carbonyl (C=O) groups is 2. The minimum Gasteiger partial charge on any atom is -0.482 e. The number of anilines is 2. The lowest BCUT2D eigenvalue weighted by atomic mass is 10.2. The van der Waals surface area contributed by atoms with Crippen molar-refractivity contribution >= 4 is 44.8 Å². The third-order valence-corrected chi connectivity index (χ3v) is 6.25. The Balaban J connectivity index is 1.78. The van der Waals surface area contributed by atoms with Crippen molar-refractivity contribution in [3.63, 3.8) is 0 Å². The van der Waals surface area contributed by atoms with E-state index in [4.69, 9.17) is 16.3 Å². The molecule has 8 nitrogen and oxygen atoms in total. The molecule has 0 saturated carbocycles. The number of amides is 2. The van der Waals surface area contributed by atoms with Gasteiger partial charge in [0.05, 0.1) is 17.1 Å². The van der Waals surface area contributed by atoms with Crippen molar-refractivity contribution in [1.29, 1.82) is 0 Å². The first-order chi connectivity index (χ1) is 13.2. The molecule has 0 unspecified atom stereocenters. The highest BCUT2D eigenvalue weighted by Crippen LogP contribution is 2.33. The van der Waals surface area contributed by atoms with Crippen molar-refractivity contribution in [2.75, 3.05) is 30.8 Å². The zero-order chi connectivity index (χ0) is 20.5. The number of carbonyl (C=O) groups excluding carboxylic acids is 2. The van der Waals surface area contributed by atoms with Gasteiger partial charge in [-0.2, -0.15) is 4.31 Å². The molecular weight excluding hydrogens is 406 g/mol. The smallest absolute Gasteiger partial charge is 0.262 e. The number of sulfonamides is 1. The van der Waals surface area contributed by atoms with Gasteiger partial charge in [-0.15, -0.1) is 0 Å². The number of hydrogen-bond donors (Lipinski definition) is 2. The molecule has 1 aliphatic rings. The van der Waals surface area contributed by atoms with Crippen molar-refractivity contribution in [1.82, 2.24) is 4.31 Å². The molecule has 0 bridgehead atoms. The predicted molar refractivity (Wildman–Crippen MR) is 105 cm³/mol. The van der Waals surface area contributed by atoms with Gasteiger partial charge >= 0.3 is 0 Å². The number of aryl methyl sites for hydroxylation is 1. The van der Waals surface area contributed by atoms with E-state index in [0.717, 1.165) is 4.31 Å². The molecule has 0 spiro atoms. The van der Waals surface area contributed by atoms with Gasteiger partial charge in [-0.3, -0.25) is 9.59 Å². The molecular formula is C18H18ClN3O5S. The molecule has 0 saturated heterocycles. The first-order valence-corrected chi connectivity index (χ1v) is 10.1. The number of nitrogens with one attached hydrogen (secondary N) is 2. The van der Waals surface area contributed by atoms with E-state index in [2.05, 4.69) is 10.6 Å². The van der Waals surface area contributed by atoms with Crippen LogP contribution in [-0.4, -0.2) is 44.7 Å². The summed E-state index contributed by atoms with van der Waals surface area (Å²) < 4.78 is 32.1. The van der Waals surface area contributed by atoms with Crippen LogP contribution in [0.5, 0.6) is 5.75 Å². The van der Waals surface area contributed by atoms with E-state index in [1.165, 1.54) is 19.2 Å². The molecule has 148 valence electrons. The lowest BCUT2D eigenvalue weighted by Crippen LogP contribution is -2.35. The summed E-state index contributed by atoms with van der Waals surface area (Å²) in [5.41, 5.74) is 1.30. The molecule has 0 radical (unpaired) electrons. The van der Waals surface area contributed by atoms with Crippen LogP contribution in [0.2, 0.25) is 5.02 Å². The molecule has 2 aromatic rings. The van der Waals surface area contributed by atoms with Crippen molar-refractivity contribution in [2.45, 2.75) is 11.8 Å². The van der Waals surface area contributed by atoms with Crippen LogP contribution >= 0.6 is 11.6 Å². The maximum Gasteiger partial charge on any atom is 0.262 e. The fourth-order valence-corrected chi connectivity index (χ4v) is 4.25. The topological polar surface area (TPSA) is 105 Å². The monoisotopic (exact) mass is 423 g/mol. The molecule has 3 rings (SSSR count). The molecule has 10 heteroatoms. The molecule has 28 heavy (non-hydrogen) atoms. The summed E-state index contributed by atoms with van der Waals surface area (Å²) in [6.07, 6.45) is 0. The lowest BCUT2D eigenvalue weighted by Gasteiger charge is -2.22. The van der Waals surface area contributed by atoms with Gasteiger partial charge in [0.1, 0.15) is 5.75 Å². The number of ether oxygens (including phenoxy) is 1. The summed E-state index contributed by atoms with van der Waals surface area (Å²) in [5.74, 6) is -0.551. The summed E-state index contributed by atoms with van der Waals surface area (Å²) in [4.78, 5) is 23.6. The predicted octanol–water partition coefficient (Wildman–Crippen LogP) is 2.24. The number of rotatable bonds is 5. The Bertz CT molecular complexity index is 1060. The van der Waals surface area contributed by atoms with Crippen molar-refractivity contribution < 1.29 is 22.7 Å². The van der Waals surface area contributed by atoms with E-state index < -0.39 is 15.9 Å². The van der Waals surface area contributed by atoms with Gasteiger partial charge in [-0.25, -0.2) is 8.42 Å². The second-order valence-corrected chi connectivity index (χ2v) is 8.72. The van der Waals surface area contributed by atoms with Crippen LogP contribution in [0.15, 0.2) is 41.3 Å². The first-order valence-electron chi connectivity index (χ1n) is 8.26. The molecule has 0 aliphatic carbocycles. The maximum atomic E-state index is 12.9. The Labute approximate surface area is 167 Å². The quantitative estimate of drug-likeness (QED) is 0.767. The van der Waals surface area contributed by atoms with Crippen molar-refractivity contribution in [2.24, 2.45) is 0 Å². The second kappa shape index (κ2) is 7.78. The Morgan fingerprint density at radius 2 is 2.07 bits per heavy atom. The molecule has 2 aromatic carbocycles. The average Bonchev–Trinajstić information content (AvgIpc) is 2.60. The summed E-state index contributed by atoms with van der Waals surface area (Å²) in [7, 11) is -2.64. The number of likely N-dealkylation sites (N-methyl/N-ethyl adjacent to an activating group) is 1. The fraction of sp³-hybridized carbons (Fsp3) is 0.222. The summed E-state index contributed by atoms with van der Waals surface area (Å²) >= 11 is 5.88. The van der Waals surface area contributed by atoms with Crippen LogP contribution in [0.4, 0.5) is 11.4 Å². The van der Waals surface area contributed by atoms with Gasteiger partial charge < -0.3 is 15.4 Å². The van der Waals surface area contributed by atoms with E-state index in [9.17, 15) is 18.0 Å². The first kappa shape index (κ1) is 20.1. The minimum absolute atomic E-state index is 0.000421. The molecule has 2 amide bonds. The van der Waals surface area contributed by atoms with E-state index >= 15 is 0 Å². The minimum atomic E-state index is -3.96. The van der Waals surface area contributed by atoms with E-state index in [0.29, 0.717) is 22.0 Å². The fourth-order valence-electron chi connectivity index (χ4n) is 2.72. The third kappa shape index (κ3) is 4.27. The Kier molecular flexibility index (Phi) is 5.59. The molecule has 0 fully saturated rings. The Hall–Kier alpha value is -2.62. The highest BCUT2D eigenvalue weighted by molar-refractivity contribution is 7.89. The van der Waals surface area contributed by atoms with Crippen LogP contribution in [0.25, 0.3) is 0 Å². The van der Waals surface area contributed by atoms with E-state index in [1.807, 2.05) is 0 Å². The highest BCUT2D eigenvalue weighted by Gasteiger charge is 2.28. The molecule has 0 atom stereocenters. The summed E-state index contributed by atoms with van der Waals surface area (Å²) in [5, 5.41) is 5.68. The van der Waals surface area contributed by atoms with Crippen LogP contribution in [0.1, 0.15) is 5.56 Å². The number of hydrogen-bond acceptors (Lipinski definition) is 5. The van der Waals surface area contributed by atoms with Crippen molar-refractivity contribution in [3.8, 4) is 5.75 Å². The van der Waals surface area contributed by atoms with E-state index in [1.54, 1.807) is 31.2 Å². The SMILES string of the molecule is Cc1cc2c(cc1S(=O)(=O)N(C)CC(=O)Nc1cccc(Cl)c1)OCC(=O)N2. The largest absolute Gasteiger partial charge is 0.482 e. The van der Waals surface area contributed by atoms with Gasteiger partial charge in [0.2, 0.25) is 15.9 Å². The average molecular weight is 424 g/mol. The van der Waals surface area contributed by atoms with Gasteiger partial charge in [-0.1, -0.05) is 17.7 Å². The summed E-state index contributed by atoms with van der Waals surface area (Å²) in [6.45, 7) is 1.03. The summed E-state index contributed by atoms with van der Waals surface area (Å²) in [6, 6.07) is 9.43. The molecule has 2 N–H and O–H groups in total. The normalized spacial score (nSPS) is 13.5. The van der Waals surface area contributed by atoms with Crippen molar-refractivity contribution in [3.05, 3.63) is 47.0 Å². The molecule has 1 aliphatic heterocycles. The van der Waals surface area contributed by atoms with E-state index in [-0.39, 0.29) is 29.7 Å². The van der Waals surface area contributed by atoms with Crippen LogP contribution in [0, 0.1) is 6.92 Å². The third-order valence-electron chi connectivity index (χ3n) is 4.07. The van der Waals surface area contributed by atoms with Crippen LogP contribution in [-0.2, 0) is 19.6 Å². The highest BCUT2D eigenvalue weighted by atomic mass is 35.5. The Morgan fingerprint density at radius 3 is 2.79 bits per heavy atom. The zero-order valence-electron chi connectivity index (χ0n) is 15.2. The number of nitrogens with zero attached hydrogens (tertiary/aromatic N) is 1. The van der Waals surface area contributed by atoms with Crippen LogP contribution in [0.3, 0.4) is 0 Å². The molecule has 1 heterocycles.